The number of hydrogen-bond acceptors (Lipinski definition) is 2. The predicted molar refractivity (Wildman–Crippen MR) is 105 cm³/mol. The first-order chi connectivity index (χ1) is 13.3. The number of halogens is 1. The third kappa shape index (κ3) is 5.96. The fraction of sp³-hybridized carbons (Fsp3) is 0.478. The van der Waals surface area contributed by atoms with Gasteiger partial charge in [-0.2, -0.15) is 0 Å². The van der Waals surface area contributed by atoms with E-state index in [1.807, 2.05) is 18.2 Å². The van der Waals surface area contributed by atoms with Crippen LogP contribution in [0.2, 0.25) is 0 Å². The van der Waals surface area contributed by atoms with Crippen LogP contribution < -0.4 is 14.8 Å². The van der Waals surface area contributed by atoms with Gasteiger partial charge in [0, 0.05) is 11.1 Å². The van der Waals surface area contributed by atoms with Gasteiger partial charge in [0.15, 0.2) is 11.5 Å². The molecule has 2 aromatic rings. The van der Waals surface area contributed by atoms with Crippen LogP contribution in [0.1, 0.15) is 56.1 Å². The summed E-state index contributed by atoms with van der Waals surface area (Å²) in [5, 5.41) is 2.47. The molecule has 0 amide bonds. The molecule has 0 heterocycles. The largest absolute Gasteiger partial charge is 0.493 e. The molecule has 1 fully saturated rings. The smallest absolute Gasteiger partial charge is 0.161 e. The van der Waals surface area contributed by atoms with Gasteiger partial charge in [-0.1, -0.05) is 37.5 Å². The van der Waals surface area contributed by atoms with Crippen LogP contribution in [0.15, 0.2) is 42.5 Å². The summed E-state index contributed by atoms with van der Waals surface area (Å²) in [6.07, 6.45) is 9.51. The summed E-state index contributed by atoms with van der Waals surface area (Å²) in [7, 11) is 1.65. The summed E-state index contributed by atoms with van der Waals surface area (Å²) in [6.45, 7) is 1.14. The predicted octanol–water partition coefficient (Wildman–Crippen LogP) is 4.59. The highest BCUT2D eigenvalue weighted by Crippen LogP contribution is 2.29. The second-order valence-corrected chi connectivity index (χ2v) is 7.41. The lowest BCUT2D eigenvalue weighted by Gasteiger charge is -2.18. The van der Waals surface area contributed by atoms with Crippen molar-refractivity contribution in [3.63, 3.8) is 0 Å². The molecule has 0 unspecified atom stereocenters. The van der Waals surface area contributed by atoms with Crippen molar-refractivity contribution in [2.24, 2.45) is 0 Å². The molecule has 1 aliphatic rings. The van der Waals surface area contributed by atoms with Gasteiger partial charge in [-0.25, -0.2) is 4.39 Å². The molecule has 4 heteroatoms. The Morgan fingerprint density at radius 2 is 1.70 bits per heavy atom. The maximum Gasteiger partial charge on any atom is 0.161 e. The number of quaternary nitrogens is 1. The Labute approximate surface area is 161 Å². The Kier molecular flexibility index (Phi) is 7.52. The van der Waals surface area contributed by atoms with Crippen LogP contribution >= 0.6 is 0 Å². The van der Waals surface area contributed by atoms with E-state index in [0.717, 1.165) is 12.6 Å². The molecule has 3 rings (SSSR count). The SMILES string of the molecule is COc1cc(C[NH2+]C2CCCCCCC2)ccc1OCc1ccccc1F. The summed E-state index contributed by atoms with van der Waals surface area (Å²) in [6, 6.07) is 13.5. The number of benzene rings is 2. The zero-order valence-electron chi connectivity index (χ0n) is 16.3. The van der Waals surface area contributed by atoms with Crippen molar-refractivity contribution in [3.8, 4) is 11.5 Å². The standard InChI is InChI=1S/C23H30FNO2/c1-26-23-15-18(16-25-20-10-5-3-2-4-6-11-20)13-14-22(23)27-17-19-9-7-8-12-21(19)24/h7-9,12-15,20,25H,2-6,10-11,16-17H2,1H3/p+1. The molecule has 0 aromatic heterocycles. The van der Waals surface area contributed by atoms with Crippen molar-refractivity contribution in [2.75, 3.05) is 7.11 Å². The van der Waals surface area contributed by atoms with Crippen molar-refractivity contribution in [2.45, 2.75) is 64.1 Å². The van der Waals surface area contributed by atoms with Crippen LogP contribution in [0.4, 0.5) is 4.39 Å². The van der Waals surface area contributed by atoms with Crippen molar-refractivity contribution in [1.29, 1.82) is 0 Å². The Balaban J connectivity index is 1.57. The molecule has 0 spiro atoms. The van der Waals surface area contributed by atoms with E-state index >= 15 is 0 Å². The first kappa shape index (κ1) is 19.7. The van der Waals surface area contributed by atoms with Crippen LogP contribution in [0.5, 0.6) is 11.5 Å². The molecule has 1 aliphatic carbocycles. The quantitative estimate of drug-likeness (QED) is 0.771. The molecule has 0 saturated heterocycles. The number of hydrogen-bond donors (Lipinski definition) is 1. The summed E-state index contributed by atoms with van der Waals surface area (Å²) in [5.41, 5.74) is 1.77. The van der Waals surface area contributed by atoms with Crippen LogP contribution in [-0.4, -0.2) is 13.2 Å². The topological polar surface area (TPSA) is 35.1 Å². The molecule has 0 atom stereocenters. The van der Waals surface area contributed by atoms with Gasteiger partial charge in [0.1, 0.15) is 19.0 Å². The van der Waals surface area contributed by atoms with Crippen molar-refractivity contribution >= 4 is 0 Å². The van der Waals surface area contributed by atoms with Gasteiger partial charge < -0.3 is 14.8 Å². The monoisotopic (exact) mass is 372 g/mol. The zero-order valence-corrected chi connectivity index (χ0v) is 16.3. The second kappa shape index (κ2) is 10.3. The van der Waals surface area contributed by atoms with Crippen LogP contribution in [-0.2, 0) is 13.2 Å². The van der Waals surface area contributed by atoms with Crippen LogP contribution in [0.3, 0.4) is 0 Å². The lowest BCUT2D eigenvalue weighted by molar-refractivity contribution is -0.706. The van der Waals surface area contributed by atoms with Gasteiger partial charge in [0.25, 0.3) is 0 Å². The molecule has 146 valence electrons. The molecule has 27 heavy (non-hydrogen) atoms. The third-order valence-corrected chi connectivity index (χ3v) is 5.41. The molecule has 3 nitrogen and oxygen atoms in total. The van der Waals surface area contributed by atoms with Crippen molar-refractivity contribution in [3.05, 3.63) is 59.4 Å². The number of ether oxygens (including phenoxy) is 2. The lowest BCUT2D eigenvalue weighted by Crippen LogP contribution is -2.88. The molecular weight excluding hydrogens is 341 g/mol. The van der Waals surface area contributed by atoms with E-state index in [2.05, 4.69) is 11.4 Å². The average molecular weight is 373 g/mol. The van der Waals surface area contributed by atoms with Crippen LogP contribution in [0, 0.1) is 5.82 Å². The maximum atomic E-state index is 13.8. The summed E-state index contributed by atoms with van der Waals surface area (Å²) in [5.74, 6) is 1.10. The van der Waals surface area contributed by atoms with E-state index < -0.39 is 0 Å². The summed E-state index contributed by atoms with van der Waals surface area (Å²) < 4.78 is 25.1. The third-order valence-electron chi connectivity index (χ3n) is 5.41. The molecular formula is C23H31FNO2+. The fourth-order valence-electron chi connectivity index (χ4n) is 3.76. The van der Waals surface area contributed by atoms with Crippen molar-refractivity contribution < 1.29 is 19.2 Å². The van der Waals surface area contributed by atoms with Gasteiger partial charge >= 0.3 is 0 Å². The van der Waals surface area contributed by atoms with Gasteiger partial charge in [-0.15, -0.1) is 0 Å². The maximum absolute atomic E-state index is 13.8. The van der Waals surface area contributed by atoms with E-state index in [1.165, 1.54) is 56.6 Å². The lowest BCUT2D eigenvalue weighted by atomic mass is 9.96. The molecule has 2 aromatic carbocycles. The Hall–Kier alpha value is -2.07. The second-order valence-electron chi connectivity index (χ2n) is 7.41. The molecule has 1 saturated carbocycles. The van der Waals surface area contributed by atoms with Crippen LogP contribution in [0.25, 0.3) is 0 Å². The average Bonchev–Trinajstić information content (AvgIpc) is 2.67. The highest BCUT2D eigenvalue weighted by Gasteiger charge is 2.15. The van der Waals surface area contributed by atoms with Gasteiger partial charge in [-0.05, 0) is 49.9 Å². The Morgan fingerprint density at radius 1 is 0.963 bits per heavy atom. The van der Waals surface area contributed by atoms with Gasteiger partial charge in [0.2, 0.25) is 0 Å². The molecule has 0 bridgehead atoms. The number of nitrogens with two attached hydrogens (primary N) is 1. The molecule has 0 aliphatic heterocycles. The highest BCUT2D eigenvalue weighted by atomic mass is 19.1. The fourth-order valence-corrected chi connectivity index (χ4v) is 3.76. The first-order valence-corrected chi connectivity index (χ1v) is 10.1. The molecule has 2 N–H and O–H groups in total. The van der Waals surface area contributed by atoms with E-state index in [0.29, 0.717) is 17.1 Å². The van der Waals surface area contributed by atoms with Gasteiger partial charge in [-0.3, -0.25) is 0 Å². The Bertz CT molecular complexity index is 711. The van der Waals surface area contributed by atoms with Gasteiger partial charge in [0.05, 0.1) is 13.2 Å². The normalized spacial score (nSPS) is 15.8. The molecule has 0 radical (unpaired) electrons. The highest BCUT2D eigenvalue weighted by molar-refractivity contribution is 5.42. The summed E-state index contributed by atoms with van der Waals surface area (Å²) in [4.78, 5) is 0. The van der Waals surface area contributed by atoms with E-state index in [4.69, 9.17) is 9.47 Å². The number of rotatable bonds is 7. The minimum absolute atomic E-state index is 0.191. The zero-order chi connectivity index (χ0) is 18.9. The summed E-state index contributed by atoms with van der Waals surface area (Å²) >= 11 is 0. The van der Waals surface area contributed by atoms with E-state index in [9.17, 15) is 4.39 Å². The van der Waals surface area contributed by atoms with Crippen molar-refractivity contribution in [1.82, 2.24) is 0 Å². The first-order valence-electron chi connectivity index (χ1n) is 10.1. The minimum atomic E-state index is -0.248. The number of methoxy groups -OCH3 is 1. The minimum Gasteiger partial charge on any atom is -0.493 e. The van der Waals surface area contributed by atoms with E-state index in [-0.39, 0.29) is 12.4 Å². The Morgan fingerprint density at radius 3 is 2.44 bits per heavy atom. The van der Waals surface area contributed by atoms with E-state index in [1.54, 1.807) is 19.2 Å².